The van der Waals surface area contributed by atoms with Crippen molar-refractivity contribution in [3.05, 3.63) is 30.1 Å². The summed E-state index contributed by atoms with van der Waals surface area (Å²) in [6.45, 7) is 3.04. The minimum absolute atomic E-state index is 0.0381. The Balaban J connectivity index is 2.03. The van der Waals surface area contributed by atoms with Crippen LogP contribution in [0.4, 0.5) is 0 Å². The van der Waals surface area contributed by atoms with Crippen LogP contribution in [0, 0.1) is 0 Å². The molecule has 1 aromatic heterocycles. The Labute approximate surface area is 117 Å². The van der Waals surface area contributed by atoms with Gasteiger partial charge in [-0.2, -0.15) is 11.8 Å². The Morgan fingerprint density at radius 3 is 3.06 bits per heavy atom. The largest absolute Gasteiger partial charge is 0.326 e. The number of nitrogens with zero attached hydrogens (tertiary/aromatic N) is 2. The summed E-state index contributed by atoms with van der Waals surface area (Å²) in [5.41, 5.74) is 2.27. The number of fused-ring (bicyclic) bond motifs is 1. The van der Waals surface area contributed by atoms with Crippen LogP contribution >= 0.6 is 23.4 Å². The van der Waals surface area contributed by atoms with Crippen molar-refractivity contribution in [1.82, 2.24) is 9.55 Å². The van der Waals surface area contributed by atoms with Crippen molar-refractivity contribution < 1.29 is 0 Å². The molecule has 0 radical (unpaired) electrons. The smallest absolute Gasteiger partial charge is 0.127 e. The number of imidazole rings is 1. The van der Waals surface area contributed by atoms with Crippen LogP contribution in [0.5, 0.6) is 0 Å². The highest BCUT2D eigenvalue weighted by Gasteiger charge is 2.21. The standard InChI is InChI=1S/C14H17ClN2S/c1-10(15)14-16-12-6-2-3-7-13(12)17(14)9-11-5-4-8-18-11/h2-3,6-7,10-11H,4-5,8-9H2,1H3. The van der Waals surface area contributed by atoms with E-state index in [-0.39, 0.29) is 5.38 Å². The molecule has 3 rings (SSSR count). The van der Waals surface area contributed by atoms with Gasteiger partial charge in [0.2, 0.25) is 0 Å². The minimum atomic E-state index is -0.0381. The van der Waals surface area contributed by atoms with Crippen LogP contribution < -0.4 is 0 Å². The molecule has 2 heterocycles. The molecule has 1 aromatic carbocycles. The molecule has 2 unspecified atom stereocenters. The molecule has 1 aliphatic heterocycles. The third-order valence-corrected chi connectivity index (χ3v) is 5.03. The molecule has 96 valence electrons. The van der Waals surface area contributed by atoms with Gasteiger partial charge in [-0.25, -0.2) is 4.98 Å². The van der Waals surface area contributed by atoms with Crippen molar-refractivity contribution in [2.75, 3.05) is 5.75 Å². The van der Waals surface area contributed by atoms with Gasteiger partial charge in [-0.05, 0) is 37.7 Å². The number of thioether (sulfide) groups is 1. The molecular weight excluding hydrogens is 264 g/mol. The van der Waals surface area contributed by atoms with Gasteiger partial charge in [0.25, 0.3) is 0 Å². The number of rotatable bonds is 3. The minimum Gasteiger partial charge on any atom is -0.326 e. The third-order valence-electron chi connectivity index (χ3n) is 3.45. The quantitative estimate of drug-likeness (QED) is 0.783. The van der Waals surface area contributed by atoms with E-state index in [1.165, 1.54) is 24.1 Å². The first-order valence-electron chi connectivity index (χ1n) is 6.46. The molecule has 0 spiro atoms. The van der Waals surface area contributed by atoms with Crippen molar-refractivity contribution in [2.45, 2.75) is 36.9 Å². The average molecular weight is 281 g/mol. The van der Waals surface area contributed by atoms with E-state index in [1.807, 2.05) is 13.0 Å². The van der Waals surface area contributed by atoms with E-state index in [9.17, 15) is 0 Å². The fourth-order valence-corrected chi connectivity index (χ4v) is 4.00. The van der Waals surface area contributed by atoms with Gasteiger partial charge in [0.05, 0.1) is 16.4 Å². The lowest BCUT2D eigenvalue weighted by Gasteiger charge is -2.14. The first kappa shape index (κ1) is 12.4. The summed E-state index contributed by atoms with van der Waals surface area (Å²) >= 11 is 8.35. The molecule has 0 bridgehead atoms. The number of hydrogen-bond donors (Lipinski definition) is 0. The van der Waals surface area contributed by atoms with Crippen LogP contribution in [0.3, 0.4) is 0 Å². The van der Waals surface area contributed by atoms with Crippen molar-refractivity contribution in [2.24, 2.45) is 0 Å². The summed E-state index contributed by atoms with van der Waals surface area (Å²) in [6, 6.07) is 8.32. The summed E-state index contributed by atoms with van der Waals surface area (Å²) < 4.78 is 2.32. The van der Waals surface area contributed by atoms with Gasteiger partial charge in [-0.1, -0.05) is 12.1 Å². The van der Waals surface area contributed by atoms with Crippen molar-refractivity contribution in [1.29, 1.82) is 0 Å². The molecule has 2 nitrogen and oxygen atoms in total. The predicted octanol–water partition coefficient (Wildman–Crippen LogP) is 4.23. The summed E-state index contributed by atoms with van der Waals surface area (Å²) in [7, 11) is 0. The molecule has 0 aliphatic carbocycles. The van der Waals surface area contributed by atoms with Gasteiger partial charge in [-0.15, -0.1) is 11.6 Å². The first-order chi connectivity index (χ1) is 8.75. The van der Waals surface area contributed by atoms with Crippen molar-refractivity contribution in [3.8, 4) is 0 Å². The Hall–Kier alpha value is -0.670. The molecule has 2 atom stereocenters. The van der Waals surface area contributed by atoms with Gasteiger partial charge < -0.3 is 4.57 Å². The Kier molecular flexibility index (Phi) is 3.53. The molecule has 0 amide bonds. The van der Waals surface area contributed by atoms with Gasteiger partial charge in [0, 0.05) is 11.8 Å². The molecule has 1 aliphatic rings. The number of hydrogen-bond acceptors (Lipinski definition) is 2. The number of alkyl halides is 1. The third kappa shape index (κ3) is 2.26. The molecule has 18 heavy (non-hydrogen) atoms. The first-order valence-corrected chi connectivity index (χ1v) is 7.95. The van der Waals surface area contributed by atoms with E-state index in [2.05, 4.69) is 39.5 Å². The summed E-state index contributed by atoms with van der Waals surface area (Å²) in [5.74, 6) is 2.30. The topological polar surface area (TPSA) is 17.8 Å². The number of para-hydroxylation sites is 2. The molecule has 4 heteroatoms. The van der Waals surface area contributed by atoms with E-state index < -0.39 is 0 Å². The van der Waals surface area contributed by atoms with E-state index in [4.69, 9.17) is 11.6 Å². The van der Waals surface area contributed by atoms with Crippen LogP contribution in [0.2, 0.25) is 0 Å². The zero-order valence-electron chi connectivity index (χ0n) is 10.5. The van der Waals surface area contributed by atoms with Gasteiger partial charge >= 0.3 is 0 Å². The maximum Gasteiger partial charge on any atom is 0.127 e. The van der Waals surface area contributed by atoms with Crippen LogP contribution in [0.1, 0.15) is 31.0 Å². The van der Waals surface area contributed by atoms with E-state index >= 15 is 0 Å². The fourth-order valence-electron chi connectivity index (χ4n) is 2.58. The molecule has 1 fully saturated rings. The van der Waals surface area contributed by atoms with Crippen molar-refractivity contribution >= 4 is 34.4 Å². The second-order valence-corrected chi connectivity index (χ2v) is 6.88. The summed E-state index contributed by atoms with van der Waals surface area (Å²) in [6.07, 6.45) is 2.65. The van der Waals surface area contributed by atoms with Gasteiger partial charge in [0.1, 0.15) is 5.82 Å². The lowest BCUT2D eigenvalue weighted by molar-refractivity contribution is 0.623. The Bertz CT molecular complexity index is 544. The van der Waals surface area contributed by atoms with Gasteiger partial charge in [-0.3, -0.25) is 0 Å². The number of aromatic nitrogens is 2. The maximum atomic E-state index is 6.28. The second kappa shape index (κ2) is 5.14. The molecule has 1 saturated heterocycles. The molecule has 2 aromatic rings. The normalized spacial score (nSPS) is 21.6. The highest BCUT2D eigenvalue weighted by atomic mass is 35.5. The Morgan fingerprint density at radius 1 is 1.50 bits per heavy atom. The predicted molar refractivity (Wildman–Crippen MR) is 79.5 cm³/mol. The molecule has 0 saturated carbocycles. The van der Waals surface area contributed by atoms with E-state index in [0.29, 0.717) is 0 Å². The summed E-state index contributed by atoms with van der Waals surface area (Å²) in [4.78, 5) is 4.68. The zero-order valence-corrected chi connectivity index (χ0v) is 12.0. The monoisotopic (exact) mass is 280 g/mol. The van der Waals surface area contributed by atoms with Crippen LogP contribution in [0.15, 0.2) is 24.3 Å². The van der Waals surface area contributed by atoms with E-state index in [0.717, 1.165) is 23.1 Å². The number of benzene rings is 1. The second-order valence-electron chi connectivity index (χ2n) is 4.82. The maximum absolute atomic E-state index is 6.28. The van der Waals surface area contributed by atoms with Crippen LogP contribution in [0.25, 0.3) is 11.0 Å². The zero-order chi connectivity index (χ0) is 12.5. The highest BCUT2D eigenvalue weighted by molar-refractivity contribution is 8.00. The van der Waals surface area contributed by atoms with Crippen LogP contribution in [-0.4, -0.2) is 20.6 Å². The summed E-state index contributed by atoms with van der Waals surface area (Å²) in [5, 5.41) is 0.681. The SMILES string of the molecule is CC(Cl)c1nc2ccccc2n1CC1CCCS1. The van der Waals surface area contributed by atoms with Crippen LogP contribution in [-0.2, 0) is 6.54 Å². The van der Waals surface area contributed by atoms with Crippen molar-refractivity contribution in [3.63, 3.8) is 0 Å². The lowest BCUT2D eigenvalue weighted by atomic mass is 10.2. The fraction of sp³-hybridized carbons (Fsp3) is 0.500. The average Bonchev–Trinajstić information content (AvgIpc) is 2.98. The molecule has 0 N–H and O–H groups in total. The lowest BCUT2D eigenvalue weighted by Crippen LogP contribution is -2.13. The number of halogens is 1. The highest BCUT2D eigenvalue weighted by Crippen LogP contribution is 2.31. The van der Waals surface area contributed by atoms with Gasteiger partial charge in [0.15, 0.2) is 0 Å². The molecular formula is C14H17ClN2S. The van der Waals surface area contributed by atoms with E-state index in [1.54, 1.807) is 0 Å². The Morgan fingerprint density at radius 2 is 2.33 bits per heavy atom.